The maximum absolute atomic E-state index is 11.4. The summed E-state index contributed by atoms with van der Waals surface area (Å²) in [6, 6.07) is -0.0101. The van der Waals surface area contributed by atoms with Crippen molar-refractivity contribution >= 4 is 5.97 Å². The summed E-state index contributed by atoms with van der Waals surface area (Å²) in [6.07, 6.45) is 4.49. The van der Waals surface area contributed by atoms with Crippen molar-refractivity contribution in [3.63, 3.8) is 0 Å². The number of aliphatic carboxylic acids is 1. The number of nitrogens with two attached hydrogens (primary N) is 1. The molecular weight excluding hydrogens is 218 g/mol. The first-order valence-corrected chi connectivity index (χ1v) is 5.80. The van der Waals surface area contributed by atoms with Crippen LogP contribution in [0.1, 0.15) is 39.2 Å². The quantitative estimate of drug-likeness (QED) is 0.806. The Hall–Kier alpha value is -1.36. The van der Waals surface area contributed by atoms with Crippen LogP contribution in [-0.4, -0.2) is 26.9 Å². The summed E-state index contributed by atoms with van der Waals surface area (Å²) in [7, 11) is 0. The minimum absolute atomic E-state index is 0.0101. The average molecular weight is 237 g/mol. The van der Waals surface area contributed by atoms with Crippen LogP contribution in [0.2, 0.25) is 0 Å². The lowest BCUT2D eigenvalue weighted by molar-refractivity contribution is -0.148. The molecule has 3 N–H and O–H groups in total. The second-order valence-electron chi connectivity index (χ2n) is 5.90. The van der Waals surface area contributed by atoms with Gasteiger partial charge in [-0.25, -0.2) is 0 Å². The van der Waals surface area contributed by atoms with Gasteiger partial charge >= 0.3 is 5.97 Å². The summed E-state index contributed by atoms with van der Waals surface area (Å²) in [5.74, 6) is -0.798. The number of carboxylic acid groups (broad SMARTS) is 1. The van der Waals surface area contributed by atoms with Gasteiger partial charge in [0.1, 0.15) is 0 Å². The van der Waals surface area contributed by atoms with E-state index in [0.29, 0.717) is 12.8 Å². The molecule has 0 unspecified atom stereocenters. The van der Waals surface area contributed by atoms with Crippen molar-refractivity contribution in [2.75, 3.05) is 0 Å². The predicted molar refractivity (Wildman–Crippen MR) is 63.7 cm³/mol. The average Bonchev–Trinajstić information content (AvgIpc) is 2.59. The van der Waals surface area contributed by atoms with Gasteiger partial charge in [-0.3, -0.25) is 9.48 Å². The molecule has 0 spiro atoms. The largest absolute Gasteiger partial charge is 0.481 e. The number of rotatable bonds is 2. The monoisotopic (exact) mass is 237 g/mol. The van der Waals surface area contributed by atoms with Crippen molar-refractivity contribution in [3.8, 4) is 0 Å². The molecule has 0 amide bonds. The van der Waals surface area contributed by atoms with Crippen LogP contribution >= 0.6 is 0 Å². The first-order valence-electron chi connectivity index (χ1n) is 5.80. The van der Waals surface area contributed by atoms with Gasteiger partial charge < -0.3 is 10.8 Å². The van der Waals surface area contributed by atoms with Gasteiger partial charge in [-0.1, -0.05) is 0 Å². The van der Waals surface area contributed by atoms with Gasteiger partial charge in [0.25, 0.3) is 0 Å². The number of nitrogens with zero attached hydrogens (tertiary/aromatic N) is 2. The highest BCUT2D eigenvalue weighted by atomic mass is 16.4. The van der Waals surface area contributed by atoms with E-state index in [4.69, 9.17) is 5.73 Å². The van der Waals surface area contributed by atoms with E-state index in [2.05, 4.69) is 5.10 Å². The Bertz CT molecular complexity index is 439. The smallest absolute Gasteiger partial charge is 0.314 e. The van der Waals surface area contributed by atoms with Crippen molar-refractivity contribution < 1.29 is 9.90 Å². The highest BCUT2D eigenvalue weighted by molar-refractivity contribution is 5.82. The number of hydrogen-bond donors (Lipinski definition) is 2. The molecule has 1 aliphatic carbocycles. The van der Waals surface area contributed by atoms with E-state index in [9.17, 15) is 9.90 Å². The molecule has 0 bridgehead atoms. The topological polar surface area (TPSA) is 81.1 Å². The van der Waals surface area contributed by atoms with Gasteiger partial charge in [0.05, 0.1) is 17.2 Å². The van der Waals surface area contributed by atoms with Gasteiger partial charge in [0.15, 0.2) is 0 Å². The van der Waals surface area contributed by atoms with Crippen LogP contribution in [0.5, 0.6) is 0 Å². The molecule has 1 aromatic rings. The minimum Gasteiger partial charge on any atom is -0.481 e. The van der Waals surface area contributed by atoms with Gasteiger partial charge in [-0.05, 0) is 33.6 Å². The van der Waals surface area contributed by atoms with Crippen LogP contribution in [0.25, 0.3) is 0 Å². The van der Waals surface area contributed by atoms with Gasteiger partial charge in [-0.2, -0.15) is 5.10 Å². The molecule has 0 aromatic carbocycles. The molecule has 2 rings (SSSR count). The van der Waals surface area contributed by atoms with Crippen LogP contribution < -0.4 is 5.73 Å². The van der Waals surface area contributed by atoms with Crippen molar-refractivity contribution in [3.05, 3.63) is 18.0 Å². The molecule has 1 aromatic heterocycles. The molecule has 1 fully saturated rings. The van der Waals surface area contributed by atoms with Crippen LogP contribution in [0, 0.1) is 0 Å². The SMILES string of the molecule is CC(C)(C)n1cc(C2(C(=O)O)CC(N)C2)cn1. The van der Waals surface area contributed by atoms with E-state index in [1.54, 1.807) is 10.9 Å². The van der Waals surface area contributed by atoms with E-state index in [1.165, 1.54) is 0 Å². The Morgan fingerprint density at radius 1 is 1.59 bits per heavy atom. The van der Waals surface area contributed by atoms with E-state index in [-0.39, 0.29) is 11.6 Å². The normalized spacial score (nSPS) is 28.8. The molecule has 0 saturated heterocycles. The summed E-state index contributed by atoms with van der Waals surface area (Å²) in [5.41, 5.74) is 5.54. The van der Waals surface area contributed by atoms with E-state index in [0.717, 1.165) is 5.56 Å². The maximum atomic E-state index is 11.4. The van der Waals surface area contributed by atoms with Crippen molar-refractivity contribution in [2.45, 2.75) is 50.6 Å². The van der Waals surface area contributed by atoms with E-state index in [1.807, 2.05) is 27.0 Å². The Labute approximate surface area is 101 Å². The van der Waals surface area contributed by atoms with Gasteiger partial charge in [-0.15, -0.1) is 0 Å². The van der Waals surface area contributed by atoms with Crippen LogP contribution in [-0.2, 0) is 15.7 Å². The van der Waals surface area contributed by atoms with Crippen molar-refractivity contribution in [2.24, 2.45) is 5.73 Å². The lowest BCUT2D eigenvalue weighted by Gasteiger charge is -2.42. The molecule has 1 aliphatic rings. The number of carboxylic acids is 1. The zero-order valence-corrected chi connectivity index (χ0v) is 10.5. The summed E-state index contributed by atoms with van der Waals surface area (Å²) < 4.78 is 1.80. The zero-order chi connectivity index (χ0) is 12.8. The summed E-state index contributed by atoms with van der Waals surface area (Å²) in [6.45, 7) is 6.09. The third-order valence-corrected chi connectivity index (χ3v) is 3.45. The van der Waals surface area contributed by atoms with Crippen LogP contribution in [0.3, 0.4) is 0 Å². The van der Waals surface area contributed by atoms with Crippen LogP contribution in [0.15, 0.2) is 12.4 Å². The highest BCUT2D eigenvalue weighted by Gasteiger charge is 2.51. The first-order chi connectivity index (χ1) is 7.75. The fraction of sp³-hybridized carbons (Fsp3) is 0.667. The zero-order valence-electron chi connectivity index (χ0n) is 10.5. The Morgan fingerprint density at radius 3 is 2.53 bits per heavy atom. The Morgan fingerprint density at radius 2 is 2.18 bits per heavy atom. The molecule has 1 saturated carbocycles. The van der Waals surface area contributed by atoms with Crippen LogP contribution in [0.4, 0.5) is 0 Å². The lowest BCUT2D eigenvalue weighted by Crippen LogP contribution is -2.54. The molecule has 94 valence electrons. The molecule has 1 heterocycles. The van der Waals surface area contributed by atoms with Gasteiger partial charge in [0, 0.05) is 17.8 Å². The number of aromatic nitrogens is 2. The second-order valence-corrected chi connectivity index (χ2v) is 5.90. The van der Waals surface area contributed by atoms with Crippen molar-refractivity contribution in [1.29, 1.82) is 0 Å². The predicted octanol–water partition coefficient (Wildman–Crippen LogP) is 1.08. The molecule has 5 nitrogen and oxygen atoms in total. The molecule has 0 aliphatic heterocycles. The Kier molecular flexibility index (Phi) is 2.54. The third-order valence-electron chi connectivity index (χ3n) is 3.45. The summed E-state index contributed by atoms with van der Waals surface area (Å²) in [5, 5.41) is 13.6. The van der Waals surface area contributed by atoms with E-state index < -0.39 is 11.4 Å². The Balaban J connectivity index is 2.34. The summed E-state index contributed by atoms with van der Waals surface area (Å²) in [4.78, 5) is 11.4. The highest BCUT2D eigenvalue weighted by Crippen LogP contribution is 2.43. The maximum Gasteiger partial charge on any atom is 0.314 e. The fourth-order valence-corrected chi connectivity index (χ4v) is 2.31. The molecule has 0 radical (unpaired) electrons. The first kappa shape index (κ1) is 12.1. The lowest BCUT2D eigenvalue weighted by atomic mass is 9.62. The van der Waals surface area contributed by atoms with Crippen molar-refractivity contribution in [1.82, 2.24) is 9.78 Å². The molecule has 0 atom stereocenters. The third kappa shape index (κ3) is 1.84. The molecule has 5 heteroatoms. The second kappa shape index (κ2) is 3.57. The molecular formula is C12H19N3O2. The van der Waals surface area contributed by atoms with Gasteiger partial charge in [0.2, 0.25) is 0 Å². The standard InChI is InChI=1S/C12H19N3O2/c1-11(2,3)15-7-8(6-14-15)12(10(16)17)4-9(13)5-12/h6-7,9H,4-5,13H2,1-3H3,(H,16,17). The number of hydrogen-bond acceptors (Lipinski definition) is 3. The molecule has 17 heavy (non-hydrogen) atoms. The number of carbonyl (C=O) groups is 1. The summed E-state index contributed by atoms with van der Waals surface area (Å²) >= 11 is 0. The fourth-order valence-electron chi connectivity index (χ4n) is 2.31. The minimum atomic E-state index is -0.817. The van der Waals surface area contributed by atoms with E-state index >= 15 is 0 Å².